The van der Waals surface area contributed by atoms with E-state index in [2.05, 4.69) is 24.1 Å². The van der Waals surface area contributed by atoms with Crippen LogP contribution in [0.1, 0.15) is 32.3 Å². The number of hydrogen-bond acceptors (Lipinski definition) is 2. The van der Waals surface area contributed by atoms with E-state index in [1.54, 1.807) is 12.1 Å². The normalized spacial score (nSPS) is 17.4. The third-order valence-electron chi connectivity index (χ3n) is 4.07. The van der Waals surface area contributed by atoms with Crippen molar-refractivity contribution >= 4 is 5.69 Å². The molecule has 2 rings (SSSR count). The SMILES string of the molecule is CCCC(C)(CNC)CN1CCc2ccc(F)cc21. The van der Waals surface area contributed by atoms with Crippen molar-refractivity contribution in [1.82, 2.24) is 5.32 Å². The molecule has 0 radical (unpaired) electrons. The number of rotatable bonds is 6. The predicted octanol–water partition coefficient (Wildman–Crippen LogP) is 3.21. The second-order valence-electron chi connectivity index (χ2n) is 6.04. The van der Waals surface area contributed by atoms with Crippen LogP contribution in [0.15, 0.2) is 18.2 Å². The number of halogens is 1. The molecule has 3 heteroatoms. The average molecular weight is 264 g/mol. The molecule has 0 fully saturated rings. The van der Waals surface area contributed by atoms with Gasteiger partial charge in [0.25, 0.3) is 0 Å². The van der Waals surface area contributed by atoms with Crippen molar-refractivity contribution in [2.45, 2.75) is 33.1 Å². The fourth-order valence-corrected chi connectivity index (χ4v) is 3.30. The molecule has 2 nitrogen and oxygen atoms in total. The maximum absolute atomic E-state index is 13.4. The lowest BCUT2D eigenvalue weighted by atomic mass is 9.85. The van der Waals surface area contributed by atoms with Gasteiger partial charge in [-0.3, -0.25) is 0 Å². The summed E-state index contributed by atoms with van der Waals surface area (Å²) >= 11 is 0. The maximum atomic E-state index is 13.4. The topological polar surface area (TPSA) is 15.3 Å². The highest BCUT2D eigenvalue weighted by atomic mass is 19.1. The zero-order valence-electron chi connectivity index (χ0n) is 12.3. The first kappa shape index (κ1) is 14.3. The third kappa shape index (κ3) is 3.27. The summed E-state index contributed by atoms with van der Waals surface area (Å²) in [5, 5.41) is 3.30. The third-order valence-corrected chi connectivity index (χ3v) is 4.07. The molecule has 0 aromatic heterocycles. The van der Waals surface area contributed by atoms with E-state index >= 15 is 0 Å². The van der Waals surface area contributed by atoms with Gasteiger partial charge >= 0.3 is 0 Å². The van der Waals surface area contributed by atoms with Crippen molar-refractivity contribution in [2.75, 3.05) is 31.6 Å². The number of hydrogen-bond donors (Lipinski definition) is 1. The van der Waals surface area contributed by atoms with Gasteiger partial charge in [0.05, 0.1) is 0 Å². The summed E-state index contributed by atoms with van der Waals surface area (Å²) in [5.41, 5.74) is 2.63. The molecule has 1 atom stereocenters. The van der Waals surface area contributed by atoms with E-state index in [4.69, 9.17) is 0 Å². The molecule has 106 valence electrons. The quantitative estimate of drug-likeness (QED) is 0.848. The summed E-state index contributed by atoms with van der Waals surface area (Å²) in [4.78, 5) is 2.35. The molecule has 1 aliphatic heterocycles. The number of nitrogens with zero attached hydrogens (tertiary/aromatic N) is 1. The smallest absolute Gasteiger partial charge is 0.125 e. The molecule has 1 aromatic carbocycles. The molecule has 0 saturated carbocycles. The molecular weight excluding hydrogens is 239 g/mol. The van der Waals surface area contributed by atoms with Crippen molar-refractivity contribution < 1.29 is 4.39 Å². The first-order chi connectivity index (χ1) is 9.08. The standard InChI is InChI=1S/C16H25FN2/c1-4-8-16(2,11-18-3)12-19-9-7-13-5-6-14(17)10-15(13)19/h5-6,10,18H,4,7-9,11-12H2,1-3H3. The van der Waals surface area contributed by atoms with Crippen LogP contribution in [-0.4, -0.2) is 26.7 Å². The van der Waals surface area contributed by atoms with Gasteiger partial charge in [-0.1, -0.05) is 26.3 Å². The molecule has 1 aliphatic rings. The molecule has 1 N–H and O–H groups in total. The highest BCUT2D eigenvalue weighted by Crippen LogP contribution is 2.33. The largest absolute Gasteiger partial charge is 0.370 e. The predicted molar refractivity (Wildman–Crippen MR) is 79.3 cm³/mol. The average Bonchev–Trinajstić information content (AvgIpc) is 2.72. The van der Waals surface area contributed by atoms with Crippen LogP contribution in [0, 0.1) is 11.2 Å². The molecule has 1 unspecified atom stereocenters. The van der Waals surface area contributed by atoms with E-state index in [0.717, 1.165) is 31.7 Å². The summed E-state index contributed by atoms with van der Waals surface area (Å²) < 4.78 is 13.4. The maximum Gasteiger partial charge on any atom is 0.125 e. The Kier molecular flexibility index (Phi) is 4.46. The molecule has 0 saturated heterocycles. The Hall–Kier alpha value is -1.09. The van der Waals surface area contributed by atoms with Crippen LogP contribution in [0.5, 0.6) is 0 Å². The molecule has 0 aliphatic carbocycles. The Bertz CT molecular complexity index is 425. The van der Waals surface area contributed by atoms with Gasteiger partial charge in [-0.15, -0.1) is 0 Å². The fraction of sp³-hybridized carbons (Fsp3) is 0.625. The van der Waals surface area contributed by atoms with Gasteiger partial charge in [0, 0.05) is 25.3 Å². The molecular formula is C16H25FN2. The van der Waals surface area contributed by atoms with E-state index in [1.807, 2.05) is 13.1 Å². The monoisotopic (exact) mass is 264 g/mol. The Morgan fingerprint density at radius 3 is 2.89 bits per heavy atom. The highest BCUT2D eigenvalue weighted by Gasteiger charge is 2.29. The van der Waals surface area contributed by atoms with Crippen LogP contribution in [0.25, 0.3) is 0 Å². The van der Waals surface area contributed by atoms with E-state index in [9.17, 15) is 4.39 Å². The van der Waals surface area contributed by atoms with E-state index < -0.39 is 0 Å². The first-order valence-electron chi connectivity index (χ1n) is 7.26. The van der Waals surface area contributed by atoms with Gasteiger partial charge in [-0.2, -0.15) is 0 Å². The van der Waals surface area contributed by atoms with Gasteiger partial charge in [-0.25, -0.2) is 4.39 Å². The second kappa shape index (κ2) is 5.91. The molecule has 0 spiro atoms. The van der Waals surface area contributed by atoms with Crippen LogP contribution < -0.4 is 10.2 Å². The summed E-state index contributed by atoms with van der Waals surface area (Å²) in [6.07, 6.45) is 3.41. The van der Waals surface area contributed by atoms with Crippen molar-refractivity contribution in [2.24, 2.45) is 5.41 Å². The molecule has 1 heterocycles. The van der Waals surface area contributed by atoms with Crippen LogP contribution in [-0.2, 0) is 6.42 Å². The van der Waals surface area contributed by atoms with Crippen LogP contribution >= 0.6 is 0 Å². The minimum Gasteiger partial charge on any atom is -0.370 e. The number of nitrogens with one attached hydrogen (secondary N) is 1. The molecule has 1 aromatic rings. The Morgan fingerprint density at radius 2 is 2.21 bits per heavy atom. The van der Waals surface area contributed by atoms with Crippen LogP contribution in [0.3, 0.4) is 0 Å². The van der Waals surface area contributed by atoms with Crippen molar-refractivity contribution in [1.29, 1.82) is 0 Å². The Labute approximate surface area is 116 Å². The van der Waals surface area contributed by atoms with Crippen molar-refractivity contribution in [3.05, 3.63) is 29.6 Å². The molecule has 0 bridgehead atoms. The Morgan fingerprint density at radius 1 is 1.42 bits per heavy atom. The molecule has 19 heavy (non-hydrogen) atoms. The summed E-state index contributed by atoms with van der Waals surface area (Å²) in [6.45, 7) is 7.57. The zero-order chi connectivity index (χ0) is 13.9. The molecule has 0 amide bonds. The summed E-state index contributed by atoms with van der Waals surface area (Å²) in [6, 6.07) is 5.19. The van der Waals surface area contributed by atoms with Gasteiger partial charge in [-0.05, 0) is 43.0 Å². The van der Waals surface area contributed by atoms with Crippen LogP contribution in [0.4, 0.5) is 10.1 Å². The number of anilines is 1. The zero-order valence-corrected chi connectivity index (χ0v) is 12.3. The fourth-order valence-electron chi connectivity index (χ4n) is 3.30. The number of fused-ring (bicyclic) bond motifs is 1. The second-order valence-corrected chi connectivity index (χ2v) is 6.04. The van der Waals surface area contributed by atoms with E-state index in [-0.39, 0.29) is 11.2 Å². The summed E-state index contributed by atoms with van der Waals surface area (Å²) in [5.74, 6) is -0.128. The van der Waals surface area contributed by atoms with Crippen LogP contribution in [0.2, 0.25) is 0 Å². The van der Waals surface area contributed by atoms with Gasteiger partial charge in [0.15, 0.2) is 0 Å². The van der Waals surface area contributed by atoms with Crippen molar-refractivity contribution in [3.63, 3.8) is 0 Å². The minimum absolute atomic E-state index is 0.128. The summed E-state index contributed by atoms with van der Waals surface area (Å²) in [7, 11) is 2.01. The van der Waals surface area contributed by atoms with Gasteiger partial charge in [0.2, 0.25) is 0 Å². The van der Waals surface area contributed by atoms with Crippen molar-refractivity contribution in [3.8, 4) is 0 Å². The van der Waals surface area contributed by atoms with Gasteiger partial charge in [0.1, 0.15) is 5.82 Å². The van der Waals surface area contributed by atoms with E-state index in [1.165, 1.54) is 18.4 Å². The Balaban J connectivity index is 2.14. The first-order valence-corrected chi connectivity index (χ1v) is 7.26. The highest BCUT2D eigenvalue weighted by molar-refractivity contribution is 5.58. The van der Waals surface area contributed by atoms with E-state index in [0.29, 0.717) is 0 Å². The minimum atomic E-state index is -0.128. The lowest BCUT2D eigenvalue weighted by Gasteiger charge is -2.35. The number of benzene rings is 1. The lowest BCUT2D eigenvalue weighted by Crippen LogP contribution is -2.41. The lowest BCUT2D eigenvalue weighted by molar-refractivity contribution is 0.289. The van der Waals surface area contributed by atoms with Gasteiger partial charge < -0.3 is 10.2 Å².